The Kier molecular flexibility index (Phi) is 5.87. The molecule has 2 aliphatic rings. The molecule has 154 valence electrons. The van der Waals surface area contributed by atoms with Crippen LogP contribution in [0, 0.1) is 0 Å². The number of fused-ring (bicyclic) bond motifs is 2. The van der Waals surface area contributed by atoms with E-state index in [1.54, 1.807) is 18.5 Å². The van der Waals surface area contributed by atoms with Crippen LogP contribution in [0.15, 0.2) is 30.6 Å². The Balaban J connectivity index is 1.22. The van der Waals surface area contributed by atoms with Crippen molar-refractivity contribution in [3.63, 3.8) is 0 Å². The number of imidazole rings is 1. The lowest BCUT2D eigenvalue weighted by molar-refractivity contribution is -0.133. The van der Waals surface area contributed by atoms with Crippen LogP contribution >= 0.6 is 11.6 Å². The molecular weight excluding hydrogens is 390 g/mol. The summed E-state index contributed by atoms with van der Waals surface area (Å²) < 4.78 is 0. The number of piperidine rings is 1. The van der Waals surface area contributed by atoms with Gasteiger partial charge in [-0.1, -0.05) is 23.7 Å². The molecule has 0 bridgehead atoms. The van der Waals surface area contributed by atoms with Crippen LogP contribution in [0.5, 0.6) is 0 Å². The lowest BCUT2D eigenvalue weighted by atomic mass is 9.80. The second-order valence-electron chi connectivity index (χ2n) is 7.77. The van der Waals surface area contributed by atoms with Gasteiger partial charge >= 0.3 is 0 Å². The molecule has 7 nitrogen and oxygen atoms in total. The van der Waals surface area contributed by atoms with Gasteiger partial charge in [-0.25, -0.2) is 4.98 Å². The molecule has 1 aromatic carbocycles. The predicted molar refractivity (Wildman–Crippen MR) is 111 cm³/mol. The molecule has 1 aromatic heterocycles. The minimum atomic E-state index is -0.114. The maximum atomic E-state index is 12.6. The van der Waals surface area contributed by atoms with Crippen LogP contribution < -0.4 is 10.6 Å². The Morgan fingerprint density at radius 2 is 1.97 bits per heavy atom. The molecule has 0 atom stereocenters. The lowest BCUT2D eigenvalue weighted by Crippen LogP contribution is -2.55. The molecule has 0 saturated carbocycles. The molecule has 1 saturated heterocycles. The van der Waals surface area contributed by atoms with E-state index in [1.807, 2.05) is 17.0 Å². The van der Waals surface area contributed by atoms with E-state index in [0.717, 1.165) is 37.1 Å². The van der Waals surface area contributed by atoms with Gasteiger partial charge < -0.3 is 20.5 Å². The molecule has 4 rings (SSSR count). The zero-order valence-electron chi connectivity index (χ0n) is 16.3. The summed E-state index contributed by atoms with van der Waals surface area (Å²) in [6.07, 6.45) is 5.06. The predicted octanol–water partition coefficient (Wildman–Crippen LogP) is 1.78. The highest BCUT2D eigenvalue weighted by Crippen LogP contribution is 2.35. The van der Waals surface area contributed by atoms with Crippen LogP contribution in [0.25, 0.3) is 0 Å². The number of nitrogens with zero attached hydrogens (tertiary/aromatic N) is 2. The van der Waals surface area contributed by atoms with Gasteiger partial charge in [-0.05, 0) is 30.5 Å². The molecule has 8 heteroatoms. The second kappa shape index (κ2) is 8.55. The Hall–Kier alpha value is -2.38. The van der Waals surface area contributed by atoms with E-state index in [2.05, 4.69) is 20.6 Å². The van der Waals surface area contributed by atoms with Crippen molar-refractivity contribution in [2.24, 2.45) is 0 Å². The standard InChI is InChI=1S/C21H26ClN5O2/c22-16-3-1-15(2-4-16)13-18(28)23-9-6-19(29)27-11-7-21(8-12-27)20-17(5-10-26-21)24-14-25-20/h1-4,14,26H,5-13H2,(H,23,28)(H,24,25). The average Bonchev–Trinajstić information content (AvgIpc) is 3.21. The van der Waals surface area contributed by atoms with Gasteiger partial charge in [-0.2, -0.15) is 0 Å². The van der Waals surface area contributed by atoms with Crippen LogP contribution in [-0.4, -0.2) is 52.9 Å². The minimum Gasteiger partial charge on any atom is -0.355 e. The number of likely N-dealkylation sites (tertiary alicyclic amines) is 1. The van der Waals surface area contributed by atoms with Crippen molar-refractivity contribution in [3.05, 3.63) is 52.6 Å². The molecule has 0 unspecified atom stereocenters. The number of carbonyl (C=O) groups excluding carboxylic acids is 2. The van der Waals surface area contributed by atoms with E-state index in [-0.39, 0.29) is 23.8 Å². The summed E-state index contributed by atoms with van der Waals surface area (Å²) in [7, 11) is 0. The lowest BCUT2D eigenvalue weighted by Gasteiger charge is -2.44. The number of nitrogens with one attached hydrogen (secondary N) is 3. The van der Waals surface area contributed by atoms with Gasteiger partial charge in [0.15, 0.2) is 0 Å². The number of halogens is 1. The van der Waals surface area contributed by atoms with Crippen molar-refractivity contribution in [3.8, 4) is 0 Å². The largest absolute Gasteiger partial charge is 0.355 e. The molecule has 2 aromatic rings. The maximum absolute atomic E-state index is 12.6. The number of rotatable bonds is 5. The molecule has 3 heterocycles. The van der Waals surface area contributed by atoms with Gasteiger partial charge in [0.25, 0.3) is 0 Å². The van der Waals surface area contributed by atoms with E-state index in [1.165, 1.54) is 5.69 Å². The summed E-state index contributed by atoms with van der Waals surface area (Å²) in [4.78, 5) is 34.3. The van der Waals surface area contributed by atoms with Gasteiger partial charge in [-0.15, -0.1) is 0 Å². The molecule has 3 N–H and O–H groups in total. The minimum absolute atomic E-state index is 0.0877. The average molecular weight is 416 g/mol. The zero-order valence-corrected chi connectivity index (χ0v) is 17.1. The number of carbonyl (C=O) groups is 2. The number of hydrogen-bond acceptors (Lipinski definition) is 4. The molecular formula is C21H26ClN5O2. The monoisotopic (exact) mass is 415 g/mol. The Bertz CT molecular complexity index is 871. The Morgan fingerprint density at radius 1 is 1.21 bits per heavy atom. The number of H-pyrrole nitrogens is 1. The third kappa shape index (κ3) is 4.46. The number of aromatic amines is 1. The van der Waals surface area contributed by atoms with E-state index in [0.29, 0.717) is 31.1 Å². The van der Waals surface area contributed by atoms with E-state index in [9.17, 15) is 9.59 Å². The van der Waals surface area contributed by atoms with Crippen molar-refractivity contribution < 1.29 is 9.59 Å². The summed E-state index contributed by atoms with van der Waals surface area (Å²) in [6.45, 7) is 2.70. The van der Waals surface area contributed by atoms with Gasteiger partial charge in [0.05, 0.1) is 24.0 Å². The van der Waals surface area contributed by atoms with E-state index >= 15 is 0 Å². The highest BCUT2D eigenvalue weighted by Gasteiger charge is 2.41. The first-order valence-electron chi connectivity index (χ1n) is 10.1. The van der Waals surface area contributed by atoms with Gasteiger partial charge in [-0.3, -0.25) is 9.59 Å². The molecule has 1 fully saturated rings. The first-order valence-corrected chi connectivity index (χ1v) is 10.5. The maximum Gasteiger partial charge on any atom is 0.224 e. The molecule has 0 aliphatic carbocycles. The van der Waals surface area contributed by atoms with Crippen molar-refractivity contribution in [1.29, 1.82) is 0 Å². The number of amides is 2. The zero-order chi connectivity index (χ0) is 20.3. The molecule has 0 radical (unpaired) electrons. The van der Waals surface area contributed by atoms with Crippen LogP contribution in [0.1, 0.15) is 36.2 Å². The van der Waals surface area contributed by atoms with Gasteiger partial charge in [0.1, 0.15) is 0 Å². The SMILES string of the molecule is O=C(Cc1ccc(Cl)cc1)NCCC(=O)N1CCC2(CC1)NCCc1[nH]cnc12. The van der Waals surface area contributed by atoms with E-state index < -0.39 is 0 Å². The normalized spacial score (nSPS) is 17.8. The first-order chi connectivity index (χ1) is 14.1. The Morgan fingerprint density at radius 3 is 2.72 bits per heavy atom. The fraction of sp³-hybridized carbons (Fsp3) is 0.476. The third-order valence-electron chi connectivity index (χ3n) is 5.92. The third-order valence-corrected chi connectivity index (χ3v) is 6.17. The van der Waals surface area contributed by atoms with Crippen LogP contribution in [-0.2, 0) is 28.0 Å². The molecule has 29 heavy (non-hydrogen) atoms. The highest BCUT2D eigenvalue weighted by molar-refractivity contribution is 6.30. The van der Waals surface area contributed by atoms with Crippen molar-refractivity contribution in [2.45, 2.75) is 37.6 Å². The molecule has 1 spiro atoms. The smallest absolute Gasteiger partial charge is 0.224 e. The van der Waals surface area contributed by atoms with Crippen LogP contribution in [0.4, 0.5) is 0 Å². The number of aromatic nitrogens is 2. The molecule has 2 amide bonds. The topological polar surface area (TPSA) is 90.1 Å². The van der Waals surface area contributed by atoms with E-state index in [4.69, 9.17) is 11.6 Å². The summed E-state index contributed by atoms with van der Waals surface area (Å²) >= 11 is 5.86. The summed E-state index contributed by atoms with van der Waals surface area (Å²) in [5.74, 6) is -0.000102. The van der Waals surface area contributed by atoms with Crippen LogP contribution in [0.3, 0.4) is 0 Å². The first kappa shape index (κ1) is 19.9. The van der Waals surface area contributed by atoms with Crippen molar-refractivity contribution in [1.82, 2.24) is 25.5 Å². The molecule has 2 aliphatic heterocycles. The van der Waals surface area contributed by atoms with Crippen LogP contribution in [0.2, 0.25) is 5.02 Å². The van der Waals surface area contributed by atoms with Crippen molar-refractivity contribution >= 4 is 23.4 Å². The summed E-state index contributed by atoms with van der Waals surface area (Å²) in [6, 6.07) is 7.20. The fourth-order valence-corrected chi connectivity index (χ4v) is 4.43. The number of benzene rings is 1. The Labute approximate surface area is 175 Å². The van der Waals surface area contributed by atoms with Crippen molar-refractivity contribution in [2.75, 3.05) is 26.2 Å². The number of hydrogen-bond donors (Lipinski definition) is 3. The van der Waals surface area contributed by atoms with Gasteiger partial charge in [0, 0.05) is 49.7 Å². The second-order valence-corrected chi connectivity index (χ2v) is 8.21. The summed E-state index contributed by atoms with van der Waals surface area (Å²) in [5, 5.41) is 7.12. The highest BCUT2D eigenvalue weighted by atomic mass is 35.5. The quantitative estimate of drug-likeness (QED) is 0.694. The van der Waals surface area contributed by atoms with Gasteiger partial charge in [0.2, 0.25) is 11.8 Å². The summed E-state index contributed by atoms with van der Waals surface area (Å²) in [5.41, 5.74) is 3.12. The fourth-order valence-electron chi connectivity index (χ4n) is 4.30.